The molecule has 15 heavy (non-hydrogen) atoms. The molecular formula is C12H25NOS. The lowest BCUT2D eigenvalue weighted by molar-refractivity contribution is 0.521. The van der Waals surface area contributed by atoms with Gasteiger partial charge in [0.25, 0.3) is 0 Å². The molecule has 1 aliphatic carbocycles. The van der Waals surface area contributed by atoms with Crippen molar-refractivity contribution in [2.75, 3.05) is 12.3 Å². The Bertz CT molecular complexity index is 206. The third kappa shape index (κ3) is 4.23. The summed E-state index contributed by atoms with van der Waals surface area (Å²) >= 11 is 0. The average molecular weight is 231 g/mol. The minimum Gasteiger partial charge on any atom is -0.313 e. The zero-order chi connectivity index (χ0) is 11.3. The van der Waals surface area contributed by atoms with Crippen LogP contribution in [0.2, 0.25) is 0 Å². The van der Waals surface area contributed by atoms with E-state index in [1.165, 1.54) is 19.3 Å². The van der Waals surface area contributed by atoms with Crippen LogP contribution in [0, 0.1) is 5.92 Å². The lowest BCUT2D eigenvalue weighted by atomic mass is 10.2. The molecule has 1 saturated carbocycles. The van der Waals surface area contributed by atoms with Gasteiger partial charge in [-0.15, -0.1) is 0 Å². The van der Waals surface area contributed by atoms with Crippen LogP contribution in [0.15, 0.2) is 0 Å². The van der Waals surface area contributed by atoms with E-state index in [1.54, 1.807) is 0 Å². The molecule has 0 aromatic carbocycles. The maximum absolute atomic E-state index is 12.1. The van der Waals surface area contributed by atoms with Gasteiger partial charge in [-0.3, -0.25) is 4.21 Å². The Morgan fingerprint density at radius 3 is 2.73 bits per heavy atom. The summed E-state index contributed by atoms with van der Waals surface area (Å²) in [5, 5.41) is 3.96. The predicted octanol–water partition coefficient (Wildman–Crippen LogP) is 2.31. The molecule has 0 aromatic rings. The summed E-state index contributed by atoms with van der Waals surface area (Å²) in [6.45, 7) is 7.56. The second kappa shape index (κ2) is 6.64. The van der Waals surface area contributed by atoms with Gasteiger partial charge in [-0.2, -0.15) is 0 Å². The van der Waals surface area contributed by atoms with Gasteiger partial charge in [0.05, 0.1) is 5.25 Å². The molecule has 1 fully saturated rings. The molecule has 1 rings (SSSR count). The maximum atomic E-state index is 12.1. The first-order valence-electron chi connectivity index (χ1n) is 6.25. The van der Waals surface area contributed by atoms with Gasteiger partial charge in [0.15, 0.2) is 0 Å². The molecular weight excluding hydrogens is 206 g/mol. The van der Waals surface area contributed by atoms with E-state index in [-0.39, 0.29) is 0 Å². The Kier molecular flexibility index (Phi) is 5.83. The van der Waals surface area contributed by atoms with Crippen molar-refractivity contribution in [3.05, 3.63) is 0 Å². The first-order chi connectivity index (χ1) is 7.15. The highest BCUT2D eigenvalue weighted by Crippen LogP contribution is 2.24. The molecule has 0 heterocycles. The maximum Gasteiger partial charge on any atom is 0.0501 e. The fraction of sp³-hybridized carbons (Fsp3) is 1.00. The third-order valence-corrected chi connectivity index (χ3v) is 5.18. The Balaban J connectivity index is 2.41. The van der Waals surface area contributed by atoms with Crippen LogP contribution in [0.25, 0.3) is 0 Å². The lowest BCUT2D eigenvalue weighted by Crippen LogP contribution is -2.39. The largest absolute Gasteiger partial charge is 0.313 e. The van der Waals surface area contributed by atoms with E-state index in [4.69, 9.17) is 0 Å². The van der Waals surface area contributed by atoms with Gasteiger partial charge in [0, 0.05) is 22.6 Å². The van der Waals surface area contributed by atoms with Crippen molar-refractivity contribution in [1.82, 2.24) is 5.32 Å². The first kappa shape index (κ1) is 13.2. The molecule has 0 radical (unpaired) electrons. The minimum absolute atomic E-state index is 0.416. The smallest absolute Gasteiger partial charge is 0.0501 e. The van der Waals surface area contributed by atoms with Gasteiger partial charge >= 0.3 is 0 Å². The van der Waals surface area contributed by atoms with Crippen LogP contribution in [0.4, 0.5) is 0 Å². The van der Waals surface area contributed by atoms with Crippen LogP contribution in [0.5, 0.6) is 0 Å². The molecule has 0 aliphatic heterocycles. The van der Waals surface area contributed by atoms with Crippen molar-refractivity contribution in [1.29, 1.82) is 0 Å². The lowest BCUT2D eigenvalue weighted by Gasteiger charge is -2.21. The molecule has 3 unspecified atom stereocenters. The molecule has 0 amide bonds. The van der Waals surface area contributed by atoms with Gasteiger partial charge in [0.1, 0.15) is 0 Å². The molecule has 0 saturated heterocycles. The van der Waals surface area contributed by atoms with Crippen LogP contribution in [-0.2, 0) is 10.8 Å². The summed E-state index contributed by atoms with van der Waals surface area (Å²) in [7, 11) is -0.622. The van der Waals surface area contributed by atoms with Crippen LogP contribution in [0.1, 0.15) is 46.5 Å². The fourth-order valence-corrected chi connectivity index (χ4v) is 4.19. The van der Waals surface area contributed by atoms with Gasteiger partial charge in [-0.05, 0) is 31.7 Å². The summed E-state index contributed by atoms with van der Waals surface area (Å²) in [4.78, 5) is 0. The van der Waals surface area contributed by atoms with Crippen molar-refractivity contribution >= 4 is 10.8 Å². The molecule has 2 nitrogen and oxygen atoms in total. The normalized spacial score (nSPS) is 28.5. The van der Waals surface area contributed by atoms with E-state index in [0.717, 1.165) is 18.7 Å². The molecule has 1 aliphatic rings. The summed E-state index contributed by atoms with van der Waals surface area (Å²) in [6, 6.07) is 0.518. The second-order valence-corrected chi connectivity index (χ2v) is 6.67. The monoisotopic (exact) mass is 231 g/mol. The highest BCUT2D eigenvalue weighted by molar-refractivity contribution is 7.85. The van der Waals surface area contributed by atoms with Crippen molar-refractivity contribution in [2.24, 2.45) is 5.92 Å². The van der Waals surface area contributed by atoms with Gasteiger partial charge < -0.3 is 5.32 Å². The van der Waals surface area contributed by atoms with E-state index >= 15 is 0 Å². The summed E-state index contributed by atoms with van der Waals surface area (Å²) in [6.07, 6.45) is 4.78. The molecule has 0 bridgehead atoms. The van der Waals surface area contributed by atoms with Gasteiger partial charge in [-0.1, -0.05) is 27.2 Å². The van der Waals surface area contributed by atoms with Crippen molar-refractivity contribution < 1.29 is 4.21 Å². The quantitative estimate of drug-likeness (QED) is 0.760. The summed E-state index contributed by atoms with van der Waals surface area (Å²) in [5.74, 6) is 1.42. The minimum atomic E-state index is -0.622. The Morgan fingerprint density at radius 2 is 2.13 bits per heavy atom. The van der Waals surface area contributed by atoms with Gasteiger partial charge in [-0.25, -0.2) is 0 Å². The van der Waals surface area contributed by atoms with Crippen LogP contribution in [0.3, 0.4) is 0 Å². The Hall–Kier alpha value is 0.110. The molecule has 90 valence electrons. The van der Waals surface area contributed by atoms with Crippen molar-refractivity contribution in [2.45, 2.75) is 57.7 Å². The fourth-order valence-electron chi connectivity index (χ4n) is 2.26. The molecule has 3 heteroatoms. The van der Waals surface area contributed by atoms with E-state index in [1.807, 2.05) is 0 Å². The Labute approximate surface area is 96.7 Å². The molecule has 0 spiro atoms. The molecule has 3 atom stereocenters. The third-order valence-electron chi connectivity index (χ3n) is 2.94. The topological polar surface area (TPSA) is 29.1 Å². The van der Waals surface area contributed by atoms with E-state index in [0.29, 0.717) is 17.2 Å². The number of hydrogen-bond acceptors (Lipinski definition) is 2. The molecule has 1 N–H and O–H groups in total. The van der Waals surface area contributed by atoms with E-state index in [9.17, 15) is 4.21 Å². The highest BCUT2D eigenvalue weighted by Gasteiger charge is 2.31. The SMILES string of the molecule is CCCNC1CCCC1S(=O)CC(C)C. The van der Waals surface area contributed by atoms with Gasteiger partial charge in [0.2, 0.25) is 0 Å². The Morgan fingerprint density at radius 1 is 1.40 bits per heavy atom. The number of hydrogen-bond donors (Lipinski definition) is 1. The first-order valence-corrected chi connectivity index (χ1v) is 7.64. The predicted molar refractivity (Wildman–Crippen MR) is 67.6 cm³/mol. The van der Waals surface area contributed by atoms with Crippen LogP contribution >= 0.6 is 0 Å². The zero-order valence-electron chi connectivity index (χ0n) is 10.3. The average Bonchev–Trinajstić information content (AvgIpc) is 2.61. The van der Waals surface area contributed by atoms with Crippen LogP contribution < -0.4 is 5.32 Å². The number of rotatable bonds is 6. The summed E-state index contributed by atoms with van der Waals surface area (Å²) < 4.78 is 12.1. The standard InChI is InChI=1S/C12H25NOS/c1-4-8-13-11-6-5-7-12(11)15(14)9-10(2)3/h10-13H,4-9H2,1-3H3. The van der Waals surface area contributed by atoms with E-state index < -0.39 is 10.8 Å². The number of nitrogens with one attached hydrogen (secondary N) is 1. The molecule has 0 aromatic heterocycles. The zero-order valence-corrected chi connectivity index (χ0v) is 11.1. The van der Waals surface area contributed by atoms with Crippen molar-refractivity contribution in [3.63, 3.8) is 0 Å². The van der Waals surface area contributed by atoms with Crippen LogP contribution in [-0.4, -0.2) is 27.8 Å². The highest BCUT2D eigenvalue weighted by atomic mass is 32.2. The van der Waals surface area contributed by atoms with Crippen molar-refractivity contribution in [3.8, 4) is 0 Å². The second-order valence-electron chi connectivity index (χ2n) is 4.97. The summed E-state index contributed by atoms with van der Waals surface area (Å²) in [5.41, 5.74) is 0. The van der Waals surface area contributed by atoms with E-state index in [2.05, 4.69) is 26.1 Å².